The number of carbonyl (C=O) groups excluding carboxylic acids is 1. The zero-order valence-corrected chi connectivity index (χ0v) is 11.2. The Kier molecular flexibility index (Phi) is 3.71. The lowest BCUT2D eigenvalue weighted by molar-refractivity contribution is -0.384. The number of halogens is 1. The van der Waals surface area contributed by atoms with E-state index < -0.39 is 10.9 Å². The predicted molar refractivity (Wildman–Crippen MR) is 73.8 cm³/mol. The fourth-order valence-corrected chi connectivity index (χ4v) is 2.00. The third kappa shape index (κ3) is 2.35. The molecule has 2 rings (SSSR count). The van der Waals surface area contributed by atoms with E-state index in [-0.39, 0.29) is 34.0 Å². The lowest BCUT2D eigenvalue weighted by Gasteiger charge is -2.08. The quantitative estimate of drug-likeness (QED) is 0.529. The van der Waals surface area contributed by atoms with Gasteiger partial charge in [0, 0.05) is 23.7 Å². The van der Waals surface area contributed by atoms with Crippen LogP contribution < -0.4 is 5.73 Å². The highest BCUT2D eigenvalue weighted by Gasteiger charge is 2.18. The van der Waals surface area contributed by atoms with Crippen LogP contribution in [0.2, 0.25) is 5.02 Å². The molecule has 1 heterocycles. The molecule has 20 heavy (non-hydrogen) atoms. The van der Waals surface area contributed by atoms with Crippen LogP contribution >= 0.6 is 11.6 Å². The first kappa shape index (κ1) is 14.0. The molecule has 1 aromatic carbocycles. The van der Waals surface area contributed by atoms with Crippen molar-refractivity contribution in [3.63, 3.8) is 0 Å². The fourth-order valence-electron chi connectivity index (χ4n) is 1.74. The summed E-state index contributed by atoms with van der Waals surface area (Å²) in [5.74, 6) is -0.637. The zero-order valence-electron chi connectivity index (χ0n) is 10.4. The number of pyridine rings is 1. The van der Waals surface area contributed by atoms with Crippen LogP contribution in [0, 0.1) is 10.1 Å². The zero-order chi connectivity index (χ0) is 14.9. The standard InChI is InChI=1S/C12H10ClN3O4/c1-2-20-12(17)8-5-15-11-7(10(8)14)3-6(16(18)19)4-9(11)13/h3-5H,2H2,1H3,(H2,14,15). The first-order valence-corrected chi connectivity index (χ1v) is 6.02. The maximum absolute atomic E-state index is 11.7. The van der Waals surface area contributed by atoms with Gasteiger partial charge in [0.1, 0.15) is 5.56 Å². The van der Waals surface area contributed by atoms with E-state index in [1.165, 1.54) is 18.3 Å². The van der Waals surface area contributed by atoms with Crippen molar-refractivity contribution in [2.24, 2.45) is 0 Å². The van der Waals surface area contributed by atoms with Crippen LogP contribution in [-0.2, 0) is 4.74 Å². The third-order valence-corrected chi connectivity index (χ3v) is 2.95. The number of rotatable bonds is 3. The van der Waals surface area contributed by atoms with Crippen molar-refractivity contribution >= 4 is 39.8 Å². The molecule has 0 spiro atoms. The van der Waals surface area contributed by atoms with Gasteiger partial charge in [0.25, 0.3) is 5.69 Å². The van der Waals surface area contributed by atoms with Crippen LogP contribution in [0.3, 0.4) is 0 Å². The Morgan fingerprint density at radius 3 is 2.85 bits per heavy atom. The van der Waals surface area contributed by atoms with Gasteiger partial charge in [-0.2, -0.15) is 0 Å². The number of anilines is 1. The molecule has 0 radical (unpaired) electrons. The summed E-state index contributed by atoms with van der Waals surface area (Å²) in [6, 6.07) is 2.41. The van der Waals surface area contributed by atoms with Crippen LogP contribution in [0.25, 0.3) is 10.9 Å². The van der Waals surface area contributed by atoms with Crippen LogP contribution in [0.15, 0.2) is 18.3 Å². The van der Waals surface area contributed by atoms with Crippen LogP contribution in [-0.4, -0.2) is 22.5 Å². The second-order valence-corrected chi connectivity index (χ2v) is 4.29. The summed E-state index contributed by atoms with van der Waals surface area (Å²) in [7, 11) is 0. The molecule has 7 nitrogen and oxygen atoms in total. The van der Waals surface area contributed by atoms with E-state index in [1.807, 2.05) is 0 Å². The molecule has 0 aliphatic heterocycles. The van der Waals surface area contributed by atoms with E-state index in [0.29, 0.717) is 5.52 Å². The van der Waals surface area contributed by atoms with Gasteiger partial charge in [-0.05, 0) is 6.92 Å². The average molecular weight is 296 g/mol. The topological polar surface area (TPSA) is 108 Å². The maximum Gasteiger partial charge on any atom is 0.341 e. The van der Waals surface area contributed by atoms with Gasteiger partial charge in [0.05, 0.1) is 27.8 Å². The number of nitro groups is 1. The lowest BCUT2D eigenvalue weighted by atomic mass is 10.1. The molecule has 0 fully saturated rings. The number of nitrogen functional groups attached to an aromatic ring is 1. The van der Waals surface area contributed by atoms with Gasteiger partial charge in [0.15, 0.2) is 0 Å². The van der Waals surface area contributed by atoms with Gasteiger partial charge >= 0.3 is 5.97 Å². The number of esters is 1. The molecular formula is C12H10ClN3O4. The lowest BCUT2D eigenvalue weighted by Crippen LogP contribution is -2.09. The van der Waals surface area contributed by atoms with Gasteiger partial charge in [-0.1, -0.05) is 11.6 Å². The number of aromatic nitrogens is 1. The number of hydrogen-bond donors (Lipinski definition) is 1. The molecule has 0 atom stereocenters. The highest BCUT2D eigenvalue weighted by Crippen LogP contribution is 2.32. The number of non-ortho nitro benzene ring substituents is 1. The van der Waals surface area contributed by atoms with Gasteiger partial charge < -0.3 is 10.5 Å². The highest BCUT2D eigenvalue weighted by molar-refractivity contribution is 6.35. The van der Waals surface area contributed by atoms with Gasteiger partial charge in [-0.25, -0.2) is 4.79 Å². The summed E-state index contributed by atoms with van der Waals surface area (Å²) in [6.45, 7) is 1.84. The van der Waals surface area contributed by atoms with E-state index in [0.717, 1.165) is 0 Å². The third-order valence-electron chi connectivity index (χ3n) is 2.66. The number of fused-ring (bicyclic) bond motifs is 1. The Balaban J connectivity index is 2.70. The van der Waals surface area contributed by atoms with E-state index in [9.17, 15) is 14.9 Å². The van der Waals surface area contributed by atoms with Gasteiger partial charge in [-0.3, -0.25) is 15.1 Å². The van der Waals surface area contributed by atoms with Crippen molar-refractivity contribution in [1.29, 1.82) is 0 Å². The molecule has 0 saturated heterocycles. The Hall–Kier alpha value is -2.41. The van der Waals surface area contributed by atoms with Crippen molar-refractivity contribution in [3.05, 3.63) is 39.0 Å². The molecule has 8 heteroatoms. The fraction of sp³-hybridized carbons (Fsp3) is 0.167. The molecule has 0 aliphatic carbocycles. The molecule has 0 saturated carbocycles. The molecule has 0 amide bonds. The Labute approximate surface area is 118 Å². The molecule has 1 aromatic heterocycles. The highest BCUT2D eigenvalue weighted by atomic mass is 35.5. The van der Waals surface area contributed by atoms with Crippen molar-refractivity contribution in [2.45, 2.75) is 6.92 Å². The normalized spacial score (nSPS) is 10.5. The molecule has 2 N–H and O–H groups in total. The van der Waals surface area contributed by atoms with E-state index in [4.69, 9.17) is 22.1 Å². The first-order chi connectivity index (χ1) is 9.45. The minimum absolute atomic E-state index is 0.0518. The van der Waals surface area contributed by atoms with Crippen molar-refractivity contribution in [3.8, 4) is 0 Å². The SMILES string of the molecule is CCOC(=O)c1cnc2c(Cl)cc([N+](=O)[O-])cc2c1N. The molecule has 104 valence electrons. The maximum atomic E-state index is 11.7. The first-order valence-electron chi connectivity index (χ1n) is 5.65. The number of benzene rings is 1. The smallest absolute Gasteiger partial charge is 0.341 e. The molecule has 0 bridgehead atoms. The number of carbonyl (C=O) groups is 1. The summed E-state index contributed by atoms with van der Waals surface area (Å²) >= 11 is 5.93. The predicted octanol–water partition coefficient (Wildman–Crippen LogP) is 2.56. The summed E-state index contributed by atoms with van der Waals surface area (Å²) in [5, 5.41) is 11.2. The molecular weight excluding hydrogens is 286 g/mol. The van der Waals surface area contributed by atoms with Crippen LogP contribution in [0.4, 0.5) is 11.4 Å². The average Bonchev–Trinajstić information content (AvgIpc) is 2.39. The van der Waals surface area contributed by atoms with E-state index >= 15 is 0 Å². The minimum atomic E-state index is -0.637. The molecule has 0 unspecified atom stereocenters. The number of hydrogen-bond acceptors (Lipinski definition) is 6. The summed E-state index contributed by atoms with van der Waals surface area (Å²) in [6.07, 6.45) is 1.24. The molecule has 0 aliphatic rings. The Bertz CT molecular complexity index is 717. The minimum Gasteiger partial charge on any atom is -0.462 e. The second-order valence-electron chi connectivity index (χ2n) is 3.89. The van der Waals surface area contributed by atoms with Crippen LogP contribution in [0.1, 0.15) is 17.3 Å². The summed E-state index contributed by atoms with van der Waals surface area (Å²) in [5.41, 5.74) is 6.04. The number of ether oxygens (including phenoxy) is 1. The monoisotopic (exact) mass is 295 g/mol. The van der Waals surface area contributed by atoms with E-state index in [1.54, 1.807) is 6.92 Å². The van der Waals surface area contributed by atoms with E-state index in [2.05, 4.69) is 4.98 Å². The number of nitrogens with two attached hydrogens (primary N) is 1. The Morgan fingerprint density at radius 1 is 1.55 bits per heavy atom. The van der Waals surface area contributed by atoms with Crippen molar-refractivity contribution in [2.75, 3.05) is 12.3 Å². The Morgan fingerprint density at radius 2 is 2.25 bits per heavy atom. The number of nitro benzene ring substituents is 1. The second kappa shape index (κ2) is 5.30. The summed E-state index contributed by atoms with van der Waals surface area (Å²) < 4.78 is 4.84. The number of nitrogens with zero attached hydrogens (tertiary/aromatic N) is 2. The van der Waals surface area contributed by atoms with Gasteiger partial charge in [-0.15, -0.1) is 0 Å². The van der Waals surface area contributed by atoms with Crippen LogP contribution in [0.5, 0.6) is 0 Å². The largest absolute Gasteiger partial charge is 0.462 e. The summed E-state index contributed by atoms with van der Waals surface area (Å²) in [4.78, 5) is 25.9. The molecule has 2 aromatic rings. The van der Waals surface area contributed by atoms with Gasteiger partial charge in [0.2, 0.25) is 0 Å². The van der Waals surface area contributed by atoms with Crippen molar-refractivity contribution < 1.29 is 14.5 Å². The van der Waals surface area contributed by atoms with Crippen molar-refractivity contribution in [1.82, 2.24) is 4.98 Å².